The van der Waals surface area contributed by atoms with E-state index in [0.717, 1.165) is 0 Å². The predicted molar refractivity (Wildman–Crippen MR) is 157 cm³/mol. The number of nitrogens with zero attached hydrogens (tertiary/aromatic N) is 1. The van der Waals surface area contributed by atoms with Crippen LogP contribution in [0.15, 0.2) is 100.0 Å². The van der Waals surface area contributed by atoms with Gasteiger partial charge in [0.1, 0.15) is 22.5 Å². The largest absolute Gasteiger partial charge is 0.456 e. The van der Waals surface area contributed by atoms with Gasteiger partial charge in [-0.3, -0.25) is 4.98 Å². The SMILES string of the molecule is [2H]C([2H])([2H])c1ccc2c(c1)oc1c(-c3cc(-c4ccc(-c5oc6ccccc6c5C([2H])([2H])[2H])cc4C([2H])([2H])[2H])c(C([2H])([2H])[2H])cn3)cccc12. The zero-order chi connectivity index (χ0) is 36.0. The fourth-order valence-corrected chi connectivity index (χ4v) is 4.99. The molecule has 3 nitrogen and oxygen atoms in total. The topological polar surface area (TPSA) is 39.2 Å². The molecule has 3 heterocycles. The van der Waals surface area contributed by atoms with E-state index in [4.69, 9.17) is 25.3 Å². The number of benzene rings is 4. The third-order valence-electron chi connectivity index (χ3n) is 6.85. The first kappa shape index (κ1) is 13.3. The molecule has 4 aromatic carbocycles. The fraction of sp³-hybridized carbons (Fsp3) is 0.114. The van der Waals surface area contributed by atoms with Crippen molar-refractivity contribution in [1.82, 2.24) is 4.98 Å². The Morgan fingerprint density at radius 2 is 1.55 bits per heavy atom. The van der Waals surface area contributed by atoms with Gasteiger partial charge >= 0.3 is 0 Å². The summed E-state index contributed by atoms with van der Waals surface area (Å²) < 4.78 is 110. The molecule has 0 aliphatic carbocycles. The van der Waals surface area contributed by atoms with Crippen molar-refractivity contribution in [3.8, 4) is 33.7 Å². The first-order valence-electron chi connectivity index (χ1n) is 18.0. The lowest BCUT2D eigenvalue weighted by molar-refractivity contribution is 0.629. The smallest absolute Gasteiger partial charge is 0.144 e. The van der Waals surface area contributed by atoms with Gasteiger partial charge in [0.25, 0.3) is 0 Å². The molecule has 0 spiro atoms. The summed E-state index contributed by atoms with van der Waals surface area (Å²) in [4.78, 5) is 4.47. The molecule has 0 aliphatic heterocycles. The van der Waals surface area contributed by atoms with Crippen LogP contribution in [0, 0.1) is 27.4 Å². The monoisotopic (exact) mass is 505 g/mol. The van der Waals surface area contributed by atoms with E-state index in [9.17, 15) is 0 Å². The molecule has 38 heavy (non-hydrogen) atoms. The van der Waals surface area contributed by atoms with Crippen LogP contribution in [0.1, 0.15) is 38.7 Å². The number of hydrogen-bond donors (Lipinski definition) is 0. The summed E-state index contributed by atoms with van der Waals surface area (Å²) in [5, 5.41) is 1.73. The fourth-order valence-electron chi connectivity index (χ4n) is 4.99. The van der Waals surface area contributed by atoms with Gasteiger partial charge in [-0.25, -0.2) is 0 Å². The third-order valence-corrected chi connectivity index (χ3v) is 6.85. The van der Waals surface area contributed by atoms with Crippen molar-refractivity contribution >= 4 is 32.9 Å². The van der Waals surface area contributed by atoms with Crippen LogP contribution < -0.4 is 0 Å². The second kappa shape index (κ2) is 8.46. The summed E-state index contributed by atoms with van der Waals surface area (Å²) in [5.74, 6) is -0.00655. The van der Waals surface area contributed by atoms with E-state index in [2.05, 4.69) is 4.98 Å². The van der Waals surface area contributed by atoms with Crippen LogP contribution >= 0.6 is 0 Å². The van der Waals surface area contributed by atoms with E-state index in [-0.39, 0.29) is 50.4 Å². The molecule has 0 aliphatic rings. The van der Waals surface area contributed by atoms with E-state index in [1.54, 1.807) is 42.5 Å². The number of furan rings is 2. The van der Waals surface area contributed by atoms with Crippen molar-refractivity contribution in [1.29, 1.82) is 0 Å². The van der Waals surface area contributed by atoms with Crippen molar-refractivity contribution in [3.63, 3.8) is 0 Å². The van der Waals surface area contributed by atoms with Crippen LogP contribution in [0.2, 0.25) is 0 Å². The second-order valence-corrected chi connectivity index (χ2v) is 9.17. The van der Waals surface area contributed by atoms with Crippen molar-refractivity contribution in [2.75, 3.05) is 0 Å². The minimum absolute atomic E-state index is 0.00655. The van der Waals surface area contributed by atoms with Crippen molar-refractivity contribution in [2.24, 2.45) is 0 Å². The summed E-state index contributed by atoms with van der Waals surface area (Å²) in [6.07, 6.45) is 1.19. The number of para-hydroxylation sites is 2. The lowest BCUT2D eigenvalue weighted by Gasteiger charge is -2.13. The average Bonchev–Trinajstić information content (AvgIpc) is 3.62. The van der Waals surface area contributed by atoms with Crippen LogP contribution in [0.5, 0.6) is 0 Å². The molecule has 3 heteroatoms. The van der Waals surface area contributed by atoms with Crippen molar-refractivity contribution < 1.29 is 25.3 Å². The molecule has 0 bridgehead atoms. The number of aromatic nitrogens is 1. The molecule has 0 atom stereocenters. The molecule has 0 fully saturated rings. The van der Waals surface area contributed by atoms with Crippen molar-refractivity contribution in [3.05, 3.63) is 113 Å². The standard InChI is InChI=1S/C35H27NO2/c1-20-12-14-27-28-9-7-10-29(35(28)38-33(27)16-20)31-18-30(22(3)19-36-31)25-15-13-24(17-21(25)2)34-23(4)26-8-5-6-11-32(26)37-34/h5-19H,1-4H3/i1D3,2D3,3D3,4D3. The van der Waals surface area contributed by atoms with Gasteiger partial charge in [0.05, 0.1) is 5.69 Å². The molecule has 3 aromatic heterocycles. The van der Waals surface area contributed by atoms with Crippen LogP contribution in [0.3, 0.4) is 0 Å². The summed E-state index contributed by atoms with van der Waals surface area (Å²) >= 11 is 0. The second-order valence-electron chi connectivity index (χ2n) is 9.17. The van der Waals surface area contributed by atoms with Gasteiger partial charge in [-0.2, -0.15) is 0 Å². The minimum atomic E-state index is -2.76. The summed E-state index contributed by atoms with van der Waals surface area (Å²) in [5.41, 5.74) is 1.86. The normalized spacial score (nSPS) is 17.7. The Balaban J connectivity index is 1.45. The Labute approximate surface area is 238 Å². The number of rotatable bonds is 3. The van der Waals surface area contributed by atoms with Gasteiger partial charge in [-0.05, 0) is 85.6 Å². The maximum Gasteiger partial charge on any atom is 0.144 e. The highest BCUT2D eigenvalue weighted by Crippen LogP contribution is 2.39. The van der Waals surface area contributed by atoms with Gasteiger partial charge in [0.15, 0.2) is 0 Å². The molecule has 7 rings (SSSR count). The predicted octanol–water partition coefficient (Wildman–Crippen LogP) is 9.96. The van der Waals surface area contributed by atoms with E-state index in [1.165, 1.54) is 42.6 Å². The molecule has 184 valence electrons. The van der Waals surface area contributed by atoms with Gasteiger partial charge in [0.2, 0.25) is 0 Å². The van der Waals surface area contributed by atoms with Crippen LogP contribution in [-0.4, -0.2) is 4.98 Å². The molecule has 7 aromatic rings. The van der Waals surface area contributed by atoms with Crippen LogP contribution in [0.25, 0.3) is 66.6 Å². The minimum Gasteiger partial charge on any atom is -0.456 e. The average molecular weight is 506 g/mol. The number of aryl methyl sites for hydroxylation is 4. The maximum absolute atomic E-state index is 8.46. The van der Waals surface area contributed by atoms with E-state index < -0.39 is 27.4 Å². The first-order chi connectivity index (χ1) is 23.3. The van der Waals surface area contributed by atoms with Gasteiger partial charge in [-0.15, -0.1) is 0 Å². The lowest BCUT2D eigenvalue weighted by atomic mass is 9.93. The van der Waals surface area contributed by atoms with E-state index in [0.29, 0.717) is 38.5 Å². The molecule has 0 amide bonds. The molecular formula is C35H27NO2. The summed E-state index contributed by atoms with van der Waals surface area (Å²) in [7, 11) is 0. The van der Waals surface area contributed by atoms with Crippen LogP contribution in [0.4, 0.5) is 0 Å². The third kappa shape index (κ3) is 3.47. The summed E-state index contributed by atoms with van der Waals surface area (Å²) in [6, 6.07) is 22.4. The molecule has 0 saturated carbocycles. The molecular weight excluding hydrogens is 466 g/mol. The Kier molecular flexibility index (Phi) is 2.95. The summed E-state index contributed by atoms with van der Waals surface area (Å²) in [6.45, 7) is -10.4. The highest BCUT2D eigenvalue weighted by atomic mass is 16.3. The lowest BCUT2D eigenvalue weighted by Crippen LogP contribution is -1.92. The van der Waals surface area contributed by atoms with Gasteiger partial charge in [0, 0.05) is 55.5 Å². The Hall–Kier alpha value is -4.63. The Bertz CT molecular complexity index is 2440. The zero-order valence-electron chi connectivity index (χ0n) is 31.9. The molecule has 0 unspecified atom stereocenters. The van der Waals surface area contributed by atoms with E-state index in [1.807, 2.05) is 6.07 Å². The highest BCUT2D eigenvalue weighted by Gasteiger charge is 2.17. The number of fused-ring (bicyclic) bond motifs is 4. The molecule has 0 N–H and O–H groups in total. The molecule has 0 radical (unpaired) electrons. The number of pyridine rings is 1. The van der Waals surface area contributed by atoms with Gasteiger partial charge in [-0.1, -0.05) is 54.6 Å². The quantitative estimate of drug-likeness (QED) is 0.240. The maximum atomic E-state index is 8.46. The highest BCUT2D eigenvalue weighted by molar-refractivity contribution is 6.09. The van der Waals surface area contributed by atoms with Gasteiger partial charge < -0.3 is 8.83 Å². The number of hydrogen-bond acceptors (Lipinski definition) is 3. The Morgan fingerprint density at radius 1 is 0.632 bits per heavy atom. The van der Waals surface area contributed by atoms with E-state index >= 15 is 0 Å². The Morgan fingerprint density at radius 3 is 2.45 bits per heavy atom. The van der Waals surface area contributed by atoms with Crippen LogP contribution in [-0.2, 0) is 0 Å². The zero-order valence-corrected chi connectivity index (χ0v) is 19.9. The molecule has 0 saturated heterocycles. The van der Waals surface area contributed by atoms with Crippen molar-refractivity contribution in [2.45, 2.75) is 27.4 Å². The first-order valence-corrected chi connectivity index (χ1v) is 12.0.